The second kappa shape index (κ2) is 10.6. The molecule has 0 aliphatic heterocycles. The van der Waals surface area contributed by atoms with Gasteiger partial charge in [0.2, 0.25) is 0 Å². The van der Waals surface area contributed by atoms with Crippen LogP contribution in [0.5, 0.6) is 0 Å². The average Bonchev–Trinajstić information content (AvgIpc) is 3.20. The molecule has 13 heteroatoms. The number of nitrogens with one attached hydrogen (secondary N) is 2. The van der Waals surface area contributed by atoms with E-state index < -0.39 is 24.5 Å². The Morgan fingerprint density at radius 1 is 1.26 bits per heavy atom. The number of pyridine rings is 1. The Kier molecular flexibility index (Phi) is 7.75. The smallest absolute Gasteiger partial charge is 0.399 e. The summed E-state index contributed by atoms with van der Waals surface area (Å²) in [6.07, 6.45) is -0.899. The van der Waals surface area contributed by atoms with Crippen molar-refractivity contribution in [2.45, 2.75) is 19.6 Å². The van der Waals surface area contributed by atoms with E-state index in [4.69, 9.17) is 11.6 Å². The second-order valence-electron chi connectivity index (χ2n) is 7.22. The number of anilines is 1. The van der Waals surface area contributed by atoms with Crippen molar-refractivity contribution in [1.29, 1.82) is 0 Å². The third kappa shape index (κ3) is 5.96. The van der Waals surface area contributed by atoms with Gasteiger partial charge in [-0.15, -0.1) is 0 Å². The molecule has 2 amide bonds. The van der Waals surface area contributed by atoms with Gasteiger partial charge in [-0.3, -0.25) is 19.3 Å². The molecular formula is C22H20ClF3N6O3. The van der Waals surface area contributed by atoms with E-state index in [-0.39, 0.29) is 33.2 Å². The van der Waals surface area contributed by atoms with Crippen molar-refractivity contribution in [3.63, 3.8) is 0 Å². The minimum absolute atomic E-state index is 0.0366. The first-order chi connectivity index (χ1) is 16.6. The summed E-state index contributed by atoms with van der Waals surface area (Å²) in [5, 5.41) is 12.6. The van der Waals surface area contributed by atoms with Crippen molar-refractivity contribution < 1.29 is 27.6 Å². The molecule has 0 saturated heterocycles. The first-order valence-electron chi connectivity index (χ1n) is 10.0. The summed E-state index contributed by atoms with van der Waals surface area (Å²) in [5.41, 5.74) is 0.826. The summed E-state index contributed by atoms with van der Waals surface area (Å²) >= 11 is 6.17. The molecule has 1 aromatic carbocycles. The number of aryl methyl sites for hydroxylation is 1. The van der Waals surface area contributed by atoms with E-state index in [2.05, 4.69) is 30.7 Å². The highest BCUT2D eigenvalue weighted by Gasteiger charge is 2.32. The molecule has 2 aromatic heterocycles. The highest BCUT2D eigenvalue weighted by atomic mass is 35.5. The Balaban J connectivity index is 2.10. The quantitative estimate of drug-likeness (QED) is 0.369. The van der Waals surface area contributed by atoms with Gasteiger partial charge in [-0.2, -0.15) is 18.3 Å². The number of carbonyl (C=O) groups excluding carboxylic acids is 2. The lowest BCUT2D eigenvalue weighted by atomic mass is 10.0. The van der Waals surface area contributed by atoms with Gasteiger partial charge in [0.25, 0.3) is 11.8 Å². The molecule has 0 bridgehead atoms. The minimum Gasteiger partial charge on any atom is -0.399 e. The zero-order valence-corrected chi connectivity index (χ0v) is 19.5. The predicted octanol–water partition coefficient (Wildman–Crippen LogP) is 4.06. The van der Waals surface area contributed by atoms with Crippen LogP contribution in [0.4, 0.5) is 18.9 Å². The predicted molar refractivity (Wildman–Crippen MR) is 124 cm³/mol. The van der Waals surface area contributed by atoms with E-state index in [0.29, 0.717) is 15.8 Å². The normalized spacial score (nSPS) is 11.5. The number of rotatable bonds is 7. The van der Waals surface area contributed by atoms with Gasteiger partial charge in [0.05, 0.1) is 34.2 Å². The van der Waals surface area contributed by atoms with Crippen LogP contribution in [0.15, 0.2) is 41.8 Å². The topological polar surface area (TPSA) is 110 Å². The van der Waals surface area contributed by atoms with Gasteiger partial charge >= 0.3 is 6.18 Å². The molecule has 0 spiro atoms. The number of hydrogen-bond acceptors (Lipinski definition) is 6. The minimum atomic E-state index is -4.61. The van der Waals surface area contributed by atoms with Crippen molar-refractivity contribution in [3.05, 3.63) is 63.9 Å². The molecule has 3 aromatic rings. The first-order valence-corrected chi connectivity index (χ1v) is 10.4. The molecule has 184 valence electrons. The Hall–Kier alpha value is -3.93. The van der Waals surface area contributed by atoms with Crippen molar-refractivity contribution >= 4 is 35.3 Å². The summed E-state index contributed by atoms with van der Waals surface area (Å²) in [7, 11) is 2.78. The Bertz CT molecular complexity index is 1290. The fourth-order valence-corrected chi connectivity index (χ4v) is 3.53. The molecule has 2 heterocycles. The Morgan fingerprint density at radius 2 is 2.00 bits per heavy atom. The van der Waals surface area contributed by atoms with Gasteiger partial charge in [0.1, 0.15) is 25.0 Å². The van der Waals surface area contributed by atoms with Crippen LogP contribution in [0.1, 0.15) is 31.8 Å². The van der Waals surface area contributed by atoms with Crippen molar-refractivity contribution in [1.82, 2.24) is 20.1 Å². The van der Waals surface area contributed by atoms with Gasteiger partial charge in [0.15, 0.2) is 0 Å². The van der Waals surface area contributed by atoms with Gasteiger partial charge in [0, 0.05) is 13.2 Å². The molecule has 0 atom stereocenters. The highest BCUT2D eigenvalue weighted by molar-refractivity contribution is 6.33. The standard InChI is InChI=1S/C22H20ClF3N6O3/c1-12-7-13(9-30-35-3)8-14(20(33)27-2)17(12)31-21(34)15-10-29-32(11-22(24,25)26)19(15)18-16(23)5-4-6-28-18/h4-10H,11H2,1-3H3,(H,27,33)(H,31,34)/b30-9-. The number of carbonyl (C=O) groups is 2. The fraction of sp³-hybridized carbons (Fsp3) is 0.227. The number of nitrogens with zero attached hydrogens (tertiary/aromatic N) is 4. The SMILES string of the molecule is CNC(=O)c1cc(/C=N\OC)cc(C)c1NC(=O)c1cnn(CC(F)(F)F)c1-c1ncccc1Cl. The second-order valence-corrected chi connectivity index (χ2v) is 7.63. The number of alkyl halides is 3. The number of hydrogen-bond donors (Lipinski definition) is 2. The number of benzene rings is 1. The van der Waals surface area contributed by atoms with Crippen LogP contribution in [-0.4, -0.2) is 53.1 Å². The maximum atomic E-state index is 13.3. The third-order valence-electron chi connectivity index (χ3n) is 4.77. The molecule has 0 unspecified atom stereocenters. The van der Waals surface area contributed by atoms with Crippen LogP contribution < -0.4 is 10.6 Å². The molecular weight excluding hydrogens is 489 g/mol. The van der Waals surface area contributed by atoms with E-state index in [1.54, 1.807) is 13.0 Å². The van der Waals surface area contributed by atoms with Gasteiger partial charge in [-0.1, -0.05) is 16.8 Å². The molecule has 9 nitrogen and oxygen atoms in total. The summed E-state index contributed by atoms with van der Waals surface area (Å²) in [5.74, 6) is -1.31. The maximum Gasteiger partial charge on any atom is 0.408 e. The molecule has 0 aliphatic rings. The zero-order chi connectivity index (χ0) is 25.8. The molecule has 3 rings (SSSR count). The monoisotopic (exact) mass is 508 g/mol. The molecule has 35 heavy (non-hydrogen) atoms. The lowest BCUT2D eigenvalue weighted by molar-refractivity contribution is -0.142. The van der Waals surface area contributed by atoms with Crippen LogP contribution in [0.3, 0.4) is 0 Å². The van der Waals surface area contributed by atoms with Crippen LogP contribution >= 0.6 is 11.6 Å². The van der Waals surface area contributed by atoms with Crippen molar-refractivity contribution in [2.75, 3.05) is 19.5 Å². The van der Waals surface area contributed by atoms with Crippen LogP contribution in [0.25, 0.3) is 11.4 Å². The number of amides is 2. The van der Waals surface area contributed by atoms with E-state index in [1.165, 1.54) is 44.8 Å². The van der Waals surface area contributed by atoms with E-state index in [9.17, 15) is 22.8 Å². The summed E-state index contributed by atoms with van der Waals surface area (Å²) in [6.45, 7) is 0.189. The molecule has 0 aliphatic carbocycles. The summed E-state index contributed by atoms with van der Waals surface area (Å²) in [6, 6.07) is 6.07. The van der Waals surface area contributed by atoms with Crippen LogP contribution in [0.2, 0.25) is 5.02 Å². The number of oxime groups is 1. The molecule has 0 saturated carbocycles. The number of halogens is 4. The molecule has 0 fully saturated rings. The summed E-state index contributed by atoms with van der Waals surface area (Å²) in [4.78, 5) is 34.5. The third-order valence-corrected chi connectivity index (χ3v) is 5.08. The zero-order valence-electron chi connectivity index (χ0n) is 18.8. The maximum absolute atomic E-state index is 13.3. The van der Waals surface area contributed by atoms with E-state index in [1.807, 2.05) is 0 Å². The van der Waals surface area contributed by atoms with Gasteiger partial charge in [-0.05, 0) is 42.3 Å². The lowest BCUT2D eigenvalue weighted by Gasteiger charge is -2.15. The van der Waals surface area contributed by atoms with Crippen molar-refractivity contribution in [2.24, 2.45) is 5.16 Å². The first kappa shape index (κ1) is 25.7. The van der Waals surface area contributed by atoms with Gasteiger partial charge < -0.3 is 15.5 Å². The van der Waals surface area contributed by atoms with Crippen LogP contribution in [0, 0.1) is 6.92 Å². The largest absolute Gasteiger partial charge is 0.408 e. The Morgan fingerprint density at radius 3 is 2.63 bits per heavy atom. The average molecular weight is 509 g/mol. The number of aromatic nitrogens is 3. The molecule has 2 N–H and O–H groups in total. The van der Waals surface area contributed by atoms with Crippen LogP contribution in [-0.2, 0) is 11.4 Å². The Labute approximate surface area is 202 Å². The lowest BCUT2D eigenvalue weighted by Crippen LogP contribution is -2.23. The summed E-state index contributed by atoms with van der Waals surface area (Å²) < 4.78 is 40.1. The highest BCUT2D eigenvalue weighted by Crippen LogP contribution is 2.32. The van der Waals surface area contributed by atoms with E-state index in [0.717, 1.165) is 6.20 Å². The fourth-order valence-electron chi connectivity index (χ4n) is 3.31. The van der Waals surface area contributed by atoms with Crippen molar-refractivity contribution in [3.8, 4) is 11.4 Å². The molecule has 0 radical (unpaired) electrons. The van der Waals surface area contributed by atoms with E-state index >= 15 is 0 Å². The van der Waals surface area contributed by atoms with Gasteiger partial charge in [-0.25, -0.2) is 0 Å².